The highest BCUT2D eigenvalue weighted by molar-refractivity contribution is 5.16. The average molecular weight is 267 g/mol. The Bertz CT molecular complexity index is 356. The van der Waals surface area contributed by atoms with Crippen molar-refractivity contribution in [2.45, 2.75) is 45.9 Å². The minimum absolute atomic E-state index is 0.315. The van der Waals surface area contributed by atoms with Gasteiger partial charge in [0.2, 0.25) is 0 Å². The van der Waals surface area contributed by atoms with Crippen LogP contribution in [0.25, 0.3) is 0 Å². The molecular weight excluding hydrogens is 242 g/mol. The summed E-state index contributed by atoms with van der Waals surface area (Å²) in [5.41, 5.74) is 1.20. The van der Waals surface area contributed by atoms with Gasteiger partial charge < -0.3 is 19.2 Å². The smallest absolute Gasteiger partial charge is 0.133 e. The zero-order chi connectivity index (χ0) is 13.5. The van der Waals surface area contributed by atoms with E-state index >= 15 is 0 Å². The van der Waals surface area contributed by atoms with Crippen molar-refractivity contribution in [3.05, 3.63) is 23.7 Å². The summed E-state index contributed by atoms with van der Waals surface area (Å²) in [7, 11) is 0. The Labute approximate surface area is 115 Å². The molecule has 4 nitrogen and oxygen atoms in total. The first kappa shape index (κ1) is 14.6. The lowest BCUT2D eigenvalue weighted by atomic mass is 10.1. The van der Waals surface area contributed by atoms with Gasteiger partial charge in [0.15, 0.2) is 0 Å². The number of rotatable bonds is 7. The van der Waals surface area contributed by atoms with Gasteiger partial charge in [-0.15, -0.1) is 0 Å². The van der Waals surface area contributed by atoms with Crippen molar-refractivity contribution < 1.29 is 13.9 Å². The molecule has 108 valence electrons. The molecular formula is C15H25NO3. The van der Waals surface area contributed by atoms with Crippen molar-refractivity contribution >= 4 is 0 Å². The maximum Gasteiger partial charge on any atom is 0.133 e. The molecule has 4 heteroatoms. The molecule has 1 saturated heterocycles. The van der Waals surface area contributed by atoms with Gasteiger partial charge in [0, 0.05) is 25.3 Å². The van der Waals surface area contributed by atoms with Gasteiger partial charge in [-0.25, -0.2) is 0 Å². The normalized spacial score (nSPS) is 17.2. The fraction of sp³-hybridized carbons (Fsp3) is 0.733. The first-order chi connectivity index (χ1) is 9.25. The number of hydrogen-bond acceptors (Lipinski definition) is 4. The summed E-state index contributed by atoms with van der Waals surface area (Å²) in [5.74, 6) is 1.61. The molecule has 0 aromatic carbocycles. The van der Waals surface area contributed by atoms with E-state index in [4.69, 9.17) is 13.9 Å². The average Bonchev–Trinajstić information content (AvgIpc) is 2.85. The van der Waals surface area contributed by atoms with E-state index in [1.54, 1.807) is 6.26 Å². The fourth-order valence-electron chi connectivity index (χ4n) is 2.18. The van der Waals surface area contributed by atoms with Crippen molar-refractivity contribution in [3.8, 4) is 0 Å². The summed E-state index contributed by atoms with van der Waals surface area (Å²) in [6.45, 7) is 8.47. The van der Waals surface area contributed by atoms with Crippen LogP contribution < -0.4 is 5.32 Å². The van der Waals surface area contributed by atoms with Gasteiger partial charge in [-0.3, -0.25) is 0 Å². The van der Waals surface area contributed by atoms with Crippen LogP contribution in [-0.2, 0) is 22.6 Å². The van der Waals surface area contributed by atoms with E-state index in [0.29, 0.717) is 18.6 Å². The molecule has 2 rings (SSSR count). The molecule has 2 heterocycles. The molecule has 19 heavy (non-hydrogen) atoms. The summed E-state index contributed by atoms with van der Waals surface area (Å²) in [4.78, 5) is 0. The summed E-state index contributed by atoms with van der Waals surface area (Å²) in [6, 6.07) is 2.02. The van der Waals surface area contributed by atoms with E-state index in [1.165, 1.54) is 5.56 Å². The highest BCUT2D eigenvalue weighted by atomic mass is 16.5. The van der Waals surface area contributed by atoms with E-state index in [2.05, 4.69) is 19.2 Å². The molecule has 1 aliphatic rings. The van der Waals surface area contributed by atoms with Gasteiger partial charge in [-0.05, 0) is 31.4 Å². The molecule has 0 bridgehead atoms. The van der Waals surface area contributed by atoms with E-state index < -0.39 is 0 Å². The Morgan fingerprint density at radius 3 is 2.89 bits per heavy atom. The first-order valence-electron chi connectivity index (χ1n) is 7.21. The zero-order valence-corrected chi connectivity index (χ0v) is 12.0. The van der Waals surface area contributed by atoms with Gasteiger partial charge >= 0.3 is 0 Å². The largest absolute Gasteiger partial charge is 0.467 e. The van der Waals surface area contributed by atoms with Crippen LogP contribution in [0.4, 0.5) is 0 Å². The van der Waals surface area contributed by atoms with Crippen molar-refractivity contribution in [2.24, 2.45) is 5.92 Å². The topological polar surface area (TPSA) is 43.6 Å². The van der Waals surface area contributed by atoms with Crippen LogP contribution >= 0.6 is 0 Å². The molecule has 0 spiro atoms. The second kappa shape index (κ2) is 7.68. The Morgan fingerprint density at radius 2 is 2.16 bits per heavy atom. The third-order valence-corrected chi connectivity index (χ3v) is 3.32. The molecule has 1 fully saturated rings. The number of furan rings is 1. The van der Waals surface area contributed by atoms with Crippen LogP contribution in [0.5, 0.6) is 0 Å². The van der Waals surface area contributed by atoms with Crippen LogP contribution in [0.15, 0.2) is 16.7 Å². The van der Waals surface area contributed by atoms with E-state index in [9.17, 15) is 0 Å². The Morgan fingerprint density at radius 1 is 1.37 bits per heavy atom. The molecule has 0 aliphatic carbocycles. The van der Waals surface area contributed by atoms with Gasteiger partial charge in [-0.1, -0.05) is 13.8 Å². The van der Waals surface area contributed by atoms with Crippen LogP contribution in [-0.4, -0.2) is 25.9 Å². The van der Waals surface area contributed by atoms with Gasteiger partial charge in [0.05, 0.1) is 12.4 Å². The third-order valence-electron chi connectivity index (χ3n) is 3.32. The molecule has 1 aromatic rings. The quantitative estimate of drug-likeness (QED) is 0.825. The summed E-state index contributed by atoms with van der Waals surface area (Å²) in [5, 5.41) is 3.43. The molecule has 0 amide bonds. The summed E-state index contributed by atoms with van der Waals surface area (Å²) < 4.78 is 16.7. The lowest BCUT2D eigenvalue weighted by Gasteiger charge is -2.22. The second-order valence-electron chi connectivity index (χ2n) is 5.52. The van der Waals surface area contributed by atoms with Gasteiger partial charge in [-0.2, -0.15) is 0 Å². The van der Waals surface area contributed by atoms with E-state index in [-0.39, 0.29) is 0 Å². The van der Waals surface area contributed by atoms with Crippen molar-refractivity contribution in [1.29, 1.82) is 0 Å². The van der Waals surface area contributed by atoms with Crippen LogP contribution in [0.3, 0.4) is 0 Å². The number of nitrogens with one attached hydrogen (secondary N) is 1. The fourth-order valence-corrected chi connectivity index (χ4v) is 2.18. The number of ether oxygens (including phenoxy) is 2. The highest BCUT2D eigenvalue weighted by Crippen LogP contribution is 2.16. The minimum Gasteiger partial charge on any atom is -0.467 e. The SMILES string of the molecule is CC(C)CNCc1ccoc1COC1CCOCC1. The second-order valence-corrected chi connectivity index (χ2v) is 5.52. The highest BCUT2D eigenvalue weighted by Gasteiger charge is 2.15. The lowest BCUT2D eigenvalue weighted by Crippen LogP contribution is -2.23. The van der Waals surface area contributed by atoms with Crippen LogP contribution in [0.1, 0.15) is 38.0 Å². The lowest BCUT2D eigenvalue weighted by molar-refractivity contribution is -0.0436. The third kappa shape index (κ3) is 4.97. The Balaban J connectivity index is 1.75. The van der Waals surface area contributed by atoms with Crippen LogP contribution in [0.2, 0.25) is 0 Å². The molecule has 0 atom stereocenters. The maximum atomic E-state index is 5.89. The van der Waals surface area contributed by atoms with Crippen LogP contribution in [0, 0.1) is 5.92 Å². The molecule has 1 aromatic heterocycles. The maximum absolute atomic E-state index is 5.89. The van der Waals surface area contributed by atoms with Crippen molar-refractivity contribution in [3.63, 3.8) is 0 Å². The van der Waals surface area contributed by atoms with E-state index in [1.807, 2.05) is 6.07 Å². The summed E-state index contributed by atoms with van der Waals surface area (Å²) >= 11 is 0. The Kier molecular flexibility index (Phi) is 5.89. The standard InChI is InChI=1S/C15H25NO3/c1-12(2)9-16-10-13-3-8-18-15(13)11-19-14-4-6-17-7-5-14/h3,8,12,14,16H,4-7,9-11H2,1-2H3. The van der Waals surface area contributed by atoms with Gasteiger partial charge in [0.25, 0.3) is 0 Å². The molecule has 0 radical (unpaired) electrons. The minimum atomic E-state index is 0.315. The Hall–Kier alpha value is -0.840. The van der Waals surface area contributed by atoms with Crippen molar-refractivity contribution in [1.82, 2.24) is 5.32 Å². The number of hydrogen-bond donors (Lipinski definition) is 1. The monoisotopic (exact) mass is 267 g/mol. The molecule has 0 saturated carbocycles. The summed E-state index contributed by atoms with van der Waals surface area (Å²) in [6.07, 6.45) is 4.04. The first-order valence-corrected chi connectivity index (χ1v) is 7.21. The van der Waals surface area contributed by atoms with E-state index in [0.717, 1.165) is 44.9 Å². The molecule has 1 aliphatic heterocycles. The zero-order valence-electron chi connectivity index (χ0n) is 12.0. The predicted octanol–water partition coefficient (Wildman–Crippen LogP) is 2.72. The molecule has 0 unspecified atom stereocenters. The van der Waals surface area contributed by atoms with Crippen molar-refractivity contribution in [2.75, 3.05) is 19.8 Å². The van der Waals surface area contributed by atoms with Gasteiger partial charge in [0.1, 0.15) is 12.4 Å². The molecule has 1 N–H and O–H groups in total. The predicted molar refractivity (Wildman–Crippen MR) is 73.9 cm³/mol.